The van der Waals surface area contributed by atoms with Crippen LogP contribution in [0.25, 0.3) is 0 Å². The largest absolute Gasteiger partial charge is 0.338 e. The monoisotopic (exact) mass is 296 g/mol. The van der Waals surface area contributed by atoms with Crippen molar-refractivity contribution in [2.45, 2.75) is 40.7 Å². The lowest BCUT2D eigenvalue weighted by molar-refractivity contribution is -0.140. The highest BCUT2D eigenvalue weighted by molar-refractivity contribution is 7.14. The minimum Gasteiger partial charge on any atom is -0.338 e. The standard InChI is InChI=1S/C14H20N2O3S/c1-8-9-7-16(13(18)14(2,3)4)6-5-10(9)20-11(8)12(17)15-19/h19H,5-7H2,1-4H3,(H,15,17). The zero-order valence-corrected chi connectivity index (χ0v) is 13.1. The Bertz CT molecular complexity index is 558. The van der Waals surface area contributed by atoms with E-state index in [1.165, 1.54) is 11.3 Å². The summed E-state index contributed by atoms with van der Waals surface area (Å²) >= 11 is 1.41. The Kier molecular flexibility index (Phi) is 3.88. The maximum Gasteiger partial charge on any atom is 0.284 e. The molecule has 1 aliphatic rings. The van der Waals surface area contributed by atoms with Crippen LogP contribution in [0, 0.1) is 12.3 Å². The quantitative estimate of drug-likeness (QED) is 0.616. The molecular weight excluding hydrogens is 276 g/mol. The molecule has 1 aliphatic heterocycles. The van der Waals surface area contributed by atoms with E-state index in [2.05, 4.69) is 0 Å². The first-order chi connectivity index (χ1) is 9.25. The number of nitrogens with one attached hydrogen (secondary N) is 1. The van der Waals surface area contributed by atoms with E-state index in [9.17, 15) is 9.59 Å². The molecule has 1 aromatic heterocycles. The molecule has 0 spiro atoms. The van der Waals surface area contributed by atoms with Crippen molar-refractivity contribution in [3.05, 3.63) is 20.9 Å². The maximum atomic E-state index is 12.3. The number of hydroxylamine groups is 1. The number of thiophene rings is 1. The molecule has 0 aliphatic carbocycles. The fourth-order valence-electron chi connectivity index (χ4n) is 2.44. The summed E-state index contributed by atoms with van der Waals surface area (Å²) in [4.78, 5) is 27.5. The van der Waals surface area contributed by atoms with E-state index < -0.39 is 11.3 Å². The highest BCUT2D eigenvalue weighted by atomic mass is 32.1. The molecule has 2 amide bonds. The van der Waals surface area contributed by atoms with E-state index in [0.29, 0.717) is 18.0 Å². The maximum absolute atomic E-state index is 12.3. The Morgan fingerprint density at radius 1 is 1.35 bits per heavy atom. The molecule has 2 heterocycles. The number of hydrogen-bond acceptors (Lipinski definition) is 4. The molecule has 0 saturated carbocycles. The van der Waals surface area contributed by atoms with Crippen LogP contribution in [-0.2, 0) is 17.8 Å². The summed E-state index contributed by atoms with van der Waals surface area (Å²) in [5, 5.41) is 8.76. The van der Waals surface area contributed by atoms with Gasteiger partial charge in [-0.3, -0.25) is 14.8 Å². The van der Waals surface area contributed by atoms with Gasteiger partial charge in [-0.1, -0.05) is 20.8 Å². The molecule has 5 nitrogen and oxygen atoms in total. The van der Waals surface area contributed by atoms with Crippen molar-refractivity contribution in [1.82, 2.24) is 10.4 Å². The van der Waals surface area contributed by atoms with Crippen LogP contribution in [0.3, 0.4) is 0 Å². The second-order valence-corrected chi connectivity index (χ2v) is 7.23. The SMILES string of the molecule is Cc1c(C(=O)NO)sc2c1CN(C(=O)C(C)(C)C)CC2. The van der Waals surface area contributed by atoms with Crippen LogP contribution in [0.15, 0.2) is 0 Å². The Morgan fingerprint density at radius 2 is 2.00 bits per heavy atom. The second-order valence-electron chi connectivity index (χ2n) is 6.13. The van der Waals surface area contributed by atoms with Gasteiger partial charge in [0.25, 0.3) is 5.91 Å². The predicted molar refractivity (Wildman–Crippen MR) is 76.9 cm³/mol. The number of carbonyl (C=O) groups excluding carboxylic acids is 2. The van der Waals surface area contributed by atoms with Crippen molar-refractivity contribution in [3.63, 3.8) is 0 Å². The normalized spacial score (nSPS) is 14.9. The first kappa shape index (κ1) is 15.0. The van der Waals surface area contributed by atoms with E-state index in [1.54, 1.807) is 5.48 Å². The third-order valence-electron chi connectivity index (χ3n) is 3.55. The lowest BCUT2D eigenvalue weighted by Crippen LogP contribution is -2.42. The van der Waals surface area contributed by atoms with E-state index in [-0.39, 0.29) is 5.91 Å². The van der Waals surface area contributed by atoms with Crippen LogP contribution < -0.4 is 5.48 Å². The van der Waals surface area contributed by atoms with Crippen molar-refractivity contribution < 1.29 is 14.8 Å². The molecule has 110 valence electrons. The van der Waals surface area contributed by atoms with Crippen LogP contribution in [0.2, 0.25) is 0 Å². The number of hydrogen-bond donors (Lipinski definition) is 2. The molecule has 0 atom stereocenters. The smallest absolute Gasteiger partial charge is 0.284 e. The lowest BCUT2D eigenvalue weighted by Gasteiger charge is -2.32. The van der Waals surface area contributed by atoms with Gasteiger partial charge in [-0.15, -0.1) is 11.3 Å². The molecule has 6 heteroatoms. The summed E-state index contributed by atoms with van der Waals surface area (Å²) in [6.45, 7) is 8.84. The molecule has 20 heavy (non-hydrogen) atoms. The Morgan fingerprint density at radius 3 is 2.55 bits per heavy atom. The molecule has 2 N–H and O–H groups in total. The van der Waals surface area contributed by atoms with Gasteiger partial charge in [-0.2, -0.15) is 0 Å². The summed E-state index contributed by atoms with van der Waals surface area (Å²) in [7, 11) is 0. The topological polar surface area (TPSA) is 69.6 Å². The number of carbonyl (C=O) groups is 2. The molecule has 0 fully saturated rings. The molecule has 0 radical (unpaired) electrons. The second kappa shape index (κ2) is 5.18. The van der Waals surface area contributed by atoms with E-state index in [0.717, 1.165) is 22.4 Å². The molecule has 0 aromatic carbocycles. The lowest BCUT2D eigenvalue weighted by atomic mass is 9.93. The van der Waals surface area contributed by atoms with Gasteiger partial charge in [0.15, 0.2) is 0 Å². The van der Waals surface area contributed by atoms with Gasteiger partial charge in [-0.05, 0) is 24.5 Å². The summed E-state index contributed by atoms with van der Waals surface area (Å²) in [6, 6.07) is 0. The number of rotatable bonds is 1. The third-order valence-corrected chi connectivity index (χ3v) is 4.94. The first-order valence-corrected chi connectivity index (χ1v) is 7.42. The average molecular weight is 296 g/mol. The van der Waals surface area contributed by atoms with Crippen LogP contribution in [0.5, 0.6) is 0 Å². The fraction of sp³-hybridized carbons (Fsp3) is 0.571. The van der Waals surface area contributed by atoms with Gasteiger partial charge in [0, 0.05) is 23.4 Å². The first-order valence-electron chi connectivity index (χ1n) is 6.60. The number of amides is 2. The third kappa shape index (κ3) is 2.58. The Labute approximate surface area is 122 Å². The molecule has 0 unspecified atom stereocenters. The van der Waals surface area contributed by atoms with Crippen molar-refractivity contribution >= 4 is 23.2 Å². The number of nitrogens with zero attached hydrogens (tertiary/aromatic N) is 1. The van der Waals surface area contributed by atoms with Crippen LogP contribution in [-0.4, -0.2) is 28.5 Å². The Hall–Kier alpha value is -1.40. The van der Waals surface area contributed by atoms with Crippen LogP contribution in [0.4, 0.5) is 0 Å². The fourth-order valence-corrected chi connectivity index (χ4v) is 3.63. The number of fused-ring (bicyclic) bond motifs is 1. The van der Waals surface area contributed by atoms with Gasteiger partial charge < -0.3 is 4.90 Å². The van der Waals surface area contributed by atoms with E-state index in [1.807, 2.05) is 32.6 Å². The summed E-state index contributed by atoms with van der Waals surface area (Å²) in [5.41, 5.74) is 3.20. The van der Waals surface area contributed by atoms with Crippen molar-refractivity contribution in [1.29, 1.82) is 0 Å². The Balaban J connectivity index is 2.29. The van der Waals surface area contributed by atoms with Gasteiger partial charge in [0.1, 0.15) is 0 Å². The van der Waals surface area contributed by atoms with Crippen LogP contribution >= 0.6 is 11.3 Å². The van der Waals surface area contributed by atoms with Gasteiger partial charge in [0.05, 0.1) is 4.88 Å². The van der Waals surface area contributed by atoms with Crippen molar-refractivity contribution in [2.75, 3.05) is 6.54 Å². The highest BCUT2D eigenvalue weighted by Gasteiger charge is 2.32. The van der Waals surface area contributed by atoms with Crippen molar-refractivity contribution in [2.24, 2.45) is 5.41 Å². The minimum absolute atomic E-state index is 0.127. The average Bonchev–Trinajstić information content (AvgIpc) is 2.73. The molecule has 0 bridgehead atoms. The summed E-state index contributed by atoms with van der Waals surface area (Å²) < 4.78 is 0. The van der Waals surface area contributed by atoms with Crippen molar-refractivity contribution in [3.8, 4) is 0 Å². The molecular formula is C14H20N2O3S. The molecule has 1 aromatic rings. The van der Waals surface area contributed by atoms with Gasteiger partial charge >= 0.3 is 0 Å². The minimum atomic E-state index is -0.476. The van der Waals surface area contributed by atoms with Crippen LogP contribution in [0.1, 0.15) is 46.4 Å². The zero-order valence-electron chi connectivity index (χ0n) is 12.2. The summed E-state index contributed by atoms with van der Waals surface area (Å²) in [6.07, 6.45) is 0.765. The van der Waals surface area contributed by atoms with Gasteiger partial charge in [-0.25, -0.2) is 5.48 Å². The molecule has 2 rings (SSSR count). The van der Waals surface area contributed by atoms with Gasteiger partial charge in [0.2, 0.25) is 5.91 Å². The zero-order chi connectivity index (χ0) is 15.1. The summed E-state index contributed by atoms with van der Waals surface area (Å²) in [5.74, 6) is -0.350. The highest BCUT2D eigenvalue weighted by Crippen LogP contribution is 2.34. The van der Waals surface area contributed by atoms with E-state index in [4.69, 9.17) is 5.21 Å². The predicted octanol–water partition coefficient (Wildman–Crippen LogP) is 2.11. The van der Waals surface area contributed by atoms with E-state index >= 15 is 0 Å². The molecule has 0 saturated heterocycles.